The van der Waals surface area contributed by atoms with Crippen LogP contribution in [0.3, 0.4) is 0 Å². The molecule has 0 radical (unpaired) electrons. The van der Waals surface area contributed by atoms with E-state index in [1.165, 1.54) is 17.0 Å². The van der Waals surface area contributed by atoms with Crippen molar-refractivity contribution < 1.29 is 14.4 Å². The Morgan fingerprint density at radius 1 is 1.04 bits per heavy atom. The van der Waals surface area contributed by atoms with Gasteiger partial charge in [0.1, 0.15) is 0 Å². The highest BCUT2D eigenvalue weighted by Gasteiger charge is 2.44. The number of nitrogens with one attached hydrogen (secondary N) is 1. The van der Waals surface area contributed by atoms with Crippen LogP contribution in [0.2, 0.25) is 10.0 Å². The molecular formula is C17H12Cl2N2O3. The first kappa shape index (κ1) is 16.5. The van der Waals surface area contributed by atoms with Gasteiger partial charge >= 0.3 is 0 Å². The average molecular weight is 363 g/mol. The quantitative estimate of drug-likeness (QED) is 0.852. The highest BCUT2D eigenvalue weighted by molar-refractivity contribution is 6.42. The molecule has 1 unspecified atom stereocenters. The van der Waals surface area contributed by atoms with E-state index in [2.05, 4.69) is 5.32 Å². The maximum atomic E-state index is 12.5. The largest absolute Gasteiger partial charge is 0.325 e. The Morgan fingerprint density at radius 2 is 1.75 bits per heavy atom. The summed E-state index contributed by atoms with van der Waals surface area (Å²) in [6.07, 6.45) is 0. The van der Waals surface area contributed by atoms with Crippen molar-refractivity contribution in [2.75, 3.05) is 16.8 Å². The minimum Gasteiger partial charge on any atom is -0.325 e. The molecule has 2 amide bonds. The van der Waals surface area contributed by atoms with Gasteiger partial charge in [-0.05, 0) is 30.3 Å². The molecule has 24 heavy (non-hydrogen) atoms. The number of rotatable bonds is 3. The van der Waals surface area contributed by atoms with Gasteiger partial charge < -0.3 is 10.2 Å². The van der Waals surface area contributed by atoms with E-state index in [1.807, 2.05) is 0 Å². The van der Waals surface area contributed by atoms with Crippen LogP contribution in [0, 0.1) is 5.92 Å². The first-order chi connectivity index (χ1) is 11.5. The zero-order chi connectivity index (χ0) is 17.3. The van der Waals surface area contributed by atoms with Gasteiger partial charge in [-0.15, -0.1) is 0 Å². The van der Waals surface area contributed by atoms with Crippen LogP contribution in [0.25, 0.3) is 0 Å². The summed E-state index contributed by atoms with van der Waals surface area (Å²) in [4.78, 5) is 38.3. The van der Waals surface area contributed by atoms with Crippen molar-refractivity contribution in [1.29, 1.82) is 0 Å². The average Bonchev–Trinajstić information content (AvgIpc) is 2.86. The van der Waals surface area contributed by atoms with Crippen LogP contribution < -0.4 is 10.2 Å². The molecule has 0 bridgehead atoms. The molecule has 2 aromatic carbocycles. The number of para-hydroxylation sites is 1. The van der Waals surface area contributed by atoms with Gasteiger partial charge in [0, 0.05) is 11.4 Å². The molecule has 1 atom stereocenters. The molecule has 0 saturated carbocycles. The van der Waals surface area contributed by atoms with Crippen LogP contribution in [0.1, 0.15) is 0 Å². The second kappa shape index (κ2) is 6.63. The number of hydrogen-bond donors (Lipinski definition) is 1. The first-order valence-electron chi connectivity index (χ1n) is 7.12. The maximum Gasteiger partial charge on any atom is 0.247 e. The second-order valence-corrected chi connectivity index (χ2v) is 6.09. The predicted molar refractivity (Wildman–Crippen MR) is 92.4 cm³/mol. The van der Waals surface area contributed by atoms with E-state index in [-0.39, 0.29) is 11.6 Å². The summed E-state index contributed by atoms with van der Waals surface area (Å²) in [6.45, 7) is -0.123. The molecule has 2 aromatic rings. The standard InChI is InChI=1S/C17H12Cl2N2O3/c18-12-7-6-10(8-13(12)19)20-16(23)15-14(22)9-21(17(15)24)11-4-2-1-3-5-11/h1-8,15H,9H2,(H,20,23). The molecular weight excluding hydrogens is 351 g/mol. The highest BCUT2D eigenvalue weighted by Crippen LogP contribution is 2.27. The number of halogens is 2. The lowest BCUT2D eigenvalue weighted by Crippen LogP contribution is -2.34. The predicted octanol–water partition coefficient (Wildman–Crippen LogP) is 3.16. The molecule has 1 aliphatic rings. The first-order valence-corrected chi connectivity index (χ1v) is 7.88. The third-order valence-electron chi connectivity index (χ3n) is 3.67. The van der Waals surface area contributed by atoms with Crippen molar-refractivity contribution in [3.8, 4) is 0 Å². The molecule has 1 N–H and O–H groups in total. The van der Waals surface area contributed by atoms with Crippen molar-refractivity contribution in [2.45, 2.75) is 0 Å². The molecule has 0 spiro atoms. The van der Waals surface area contributed by atoms with Crippen LogP contribution in [0.4, 0.5) is 11.4 Å². The smallest absolute Gasteiger partial charge is 0.247 e. The second-order valence-electron chi connectivity index (χ2n) is 5.28. The lowest BCUT2D eigenvalue weighted by Gasteiger charge is -2.15. The number of anilines is 2. The maximum absolute atomic E-state index is 12.5. The van der Waals surface area contributed by atoms with Crippen LogP contribution in [-0.2, 0) is 14.4 Å². The van der Waals surface area contributed by atoms with Gasteiger partial charge in [0.2, 0.25) is 11.8 Å². The molecule has 1 saturated heterocycles. The molecule has 5 nitrogen and oxygen atoms in total. The van der Waals surface area contributed by atoms with Gasteiger partial charge in [-0.1, -0.05) is 41.4 Å². The third-order valence-corrected chi connectivity index (χ3v) is 4.41. The topological polar surface area (TPSA) is 66.5 Å². The number of hydrogen-bond acceptors (Lipinski definition) is 3. The highest BCUT2D eigenvalue weighted by atomic mass is 35.5. The van der Waals surface area contributed by atoms with E-state index >= 15 is 0 Å². The van der Waals surface area contributed by atoms with Crippen molar-refractivity contribution in [2.24, 2.45) is 5.92 Å². The SMILES string of the molecule is O=C1CN(c2ccccc2)C(=O)C1C(=O)Nc1ccc(Cl)c(Cl)c1. The van der Waals surface area contributed by atoms with Crippen molar-refractivity contribution in [3.05, 3.63) is 58.6 Å². The Bertz CT molecular complexity index is 824. The van der Waals surface area contributed by atoms with Crippen LogP contribution in [0.5, 0.6) is 0 Å². The number of ketones is 1. The van der Waals surface area contributed by atoms with E-state index < -0.39 is 23.5 Å². The molecule has 3 rings (SSSR count). The number of Topliss-reactive ketones (excluding diaryl/α,β-unsaturated/α-hetero) is 1. The molecule has 0 aliphatic carbocycles. The fourth-order valence-corrected chi connectivity index (χ4v) is 2.79. The summed E-state index contributed by atoms with van der Waals surface area (Å²) < 4.78 is 0. The Morgan fingerprint density at radius 3 is 2.42 bits per heavy atom. The number of carbonyl (C=O) groups is 3. The summed E-state index contributed by atoms with van der Waals surface area (Å²) in [7, 11) is 0. The van der Waals surface area contributed by atoms with E-state index in [1.54, 1.807) is 36.4 Å². The monoisotopic (exact) mass is 362 g/mol. The van der Waals surface area contributed by atoms with Crippen molar-refractivity contribution in [1.82, 2.24) is 0 Å². The van der Waals surface area contributed by atoms with E-state index in [0.29, 0.717) is 16.4 Å². The molecule has 0 aromatic heterocycles. The minimum atomic E-state index is -1.36. The van der Waals surface area contributed by atoms with Gasteiger partial charge in [-0.2, -0.15) is 0 Å². The molecule has 1 fully saturated rings. The van der Waals surface area contributed by atoms with Gasteiger partial charge in [0.15, 0.2) is 11.7 Å². The van der Waals surface area contributed by atoms with Crippen LogP contribution in [0.15, 0.2) is 48.5 Å². The summed E-state index contributed by atoms with van der Waals surface area (Å²) >= 11 is 11.7. The lowest BCUT2D eigenvalue weighted by molar-refractivity contribution is -0.134. The molecule has 122 valence electrons. The number of nitrogens with zero attached hydrogens (tertiary/aromatic N) is 1. The third kappa shape index (κ3) is 3.13. The van der Waals surface area contributed by atoms with E-state index in [9.17, 15) is 14.4 Å². The Kier molecular flexibility index (Phi) is 4.55. The number of amides is 2. The summed E-state index contributed by atoms with van der Waals surface area (Å²) in [5, 5.41) is 3.15. The van der Waals surface area contributed by atoms with E-state index in [4.69, 9.17) is 23.2 Å². The fraction of sp³-hybridized carbons (Fsp3) is 0.118. The lowest BCUT2D eigenvalue weighted by atomic mass is 10.1. The van der Waals surface area contributed by atoms with E-state index in [0.717, 1.165) is 0 Å². The minimum absolute atomic E-state index is 0.123. The van der Waals surface area contributed by atoms with Crippen molar-refractivity contribution in [3.63, 3.8) is 0 Å². The molecule has 1 aliphatic heterocycles. The zero-order valence-electron chi connectivity index (χ0n) is 12.3. The van der Waals surface area contributed by atoms with Crippen molar-refractivity contribution >= 4 is 52.2 Å². The Hall–Kier alpha value is -2.37. The number of carbonyl (C=O) groups excluding carboxylic acids is 3. The number of benzene rings is 2. The van der Waals surface area contributed by atoms with Crippen LogP contribution in [-0.4, -0.2) is 24.1 Å². The summed E-state index contributed by atoms with van der Waals surface area (Å²) in [6, 6.07) is 13.3. The molecule has 1 heterocycles. The Balaban J connectivity index is 1.78. The van der Waals surface area contributed by atoms with Gasteiger partial charge in [-0.3, -0.25) is 14.4 Å². The fourth-order valence-electron chi connectivity index (χ4n) is 2.49. The molecule has 7 heteroatoms. The zero-order valence-corrected chi connectivity index (χ0v) is 13.8. The van der Waals surface area contributed by atoms with Gasteiger partial charge in [0.05, 0.1) is 16.6 Å². The van der Waals surface area contributed by atoms with Gasteiger partial charge in [0.25, 0.3) is 0 Å². The normalized spacial score (nSPS) is 17.2. The van der Waals surface area contributed by atoms with Crippen LogP contribution >= 0.6 is 23.2 Å². The van der Waals surface area contributed by atoms with Gasteiger partial charge in [-0.25, -0.2) is 0 Å². The summed E-state index contributed by atoms with van der Waals surface area (Å²) in [5.41, 5.74) is 0.953. The Labute approximate surface area is 148 Å². The summed E-state index contributed by atoms with van der Waals surface area (Å²) in [5.74, 6) is -3.02.